The fourth-order valence-electron chi connectivity index (χ4n) is 4.34. The quantitative estimate of drug-likeness (QED) is 0.345. The lowest BCUT2D eigenvalue weighted by Crippen LogP contribution is -2.07. The number of H-pyrrole nitrogens is 2. The van der Waals surface area contributed by atoms with Crippen LogP contribution in [0.25, 0.3) is 21.8 Å². The number of aryl methyl sites for hydroxylation is 2. The standard InChI is InChI=1S/C25H20F2N2/c1-14-19-12-17(26)8-10-21(19)28-24(14)23(16-6-4-3-5-7-16)25-15(2)20-13-18(27)9-11-22(20)29-25/h3-13,23,28-29H,1-2H3. The molecule has 2 aromatic heterocycles. The van der Waals surface area contributed by atoms with Gasteiger partial charge in [0.05, 0.1) is 5.92 Å². The number of nitrogens with one attached hydrogen (secondary N) is 2. The van der Waals surface area contributed by atoms with Crippen molar-refractivity contribution < 1.29 is 8.78 Å². The predicted octanol–water partition coefficient (Wildman–Crippen LogP) is 6.72. The van der Waals surface area contributed by atoms with E-state index in [2.05, 4.69) is 22.1 Å². The van der Waals surface area contributed by atoms with Crippen LogP contribution in [0, 0.1) is 25.5 Å². The fourth-order valence-corrected chi connectivity index (χ4v) is 4.34. The normalized spacial score (nSPS) is 11.8. The molecule has 5 rings (SSSR count). The lowest BCUT2D eigenvalue weighted by molar-refractivity contribution is 0.629. The Labute approximate surface area is 167 Å². The molecule has 4 heteroatoms. The molecule has 2 heterocycles. The Morgan fingerprint density at radius 2 is 1.14 bits per heavy atom. The van der Waals surface area contributed by atoms with Gasteiger partial charge in [-0.2, -0.15) is 0 Å². The average molecular weight is 386 g/mol. The van der Waals surface area contributed by atoms with E-state index in [9.17, 15) is 8.78 Å². The Balaban J connectivity index is 1.80. The zero-order valence-corrected chi connectivity index (χ0v) is 16.2. The number of aromatic amines is 2. The lowest BCUT2D eigenvalue weighted by atomic mass is 9.88. The van der Waals surface area contributed by atoms with Gasteiger partial charge in [0.15, 0.2) is 0 Å². The van der Waals surface area contributed by atoms with Crippen LogP contribution in [0.2, 0.25) is 0 Å². The van der Waals surface area contributed by atoms with Gasteiger partial charge >= 0.3 is 0 Å². The number of hydrogen-bond acceptors (Lipinski definition) is 0. The maximum atomic E-state index is 13.9. The Morgan fingerprint density at radius 1 is 0.655 bits per heavy atom. The van der Waals surface area contributed by atoms with Crippen molar-refractivity contribution in [3.05, 3.63) is 106 Å². The van der Waals surface area contributed by atoms with E-state index in [0.717, 1.165) is 49.9 Å². The fraction of sp³-hybridized carbons (Fsp3) is 0.120. The van der Waals surface area contributed by atoms with Gasteiger partial charge in [0.2, 0.25) is 0 Å². The first kappa shape index (κ1) is 17.7. The second-order valence-corrected chi connectivity index (χ2v) is 7.55. The summed E-state index contributed by atoms with van der Waals surface area (Å²) in [6.07, 6.45) is 0. The highest BCUT2D eigenvalue weighted by Crippen LogP contribution is 2.39. The maximum absolute atomic E-state index is 13.9. The van der Waals surface area contributed by atoms with Crippen LogP contribution in [0.15, 0.2) is 66.7 Å². The van der Waals surface area contributed by atoms with Crippen LogP contribution in [-0.2, 0) is 0 Å². The number of hydrogen-bond donors (Lipinski definition) is 2. The van der Waals surface area contributed by atoms with E-state index in [1.165, 1.54) is 12.1 Å². The molecule has 3 aromatic carbocycles. The van der Waals surface area contributed by atoms with Crippen molar-refractivity contribution in [3.8, 4) is 0 Å². The highest BCUT2D eigenvalue weighted by Gasteiger charge is 2.25. The molecule has 144 valence electrons. The van der Waals surface area contributed by atoms with E-state index >= 15 is 0 Å². The molecule has 0 bridgehead atoms. The van der Waals surface area contributed by atoms with Crippen molar-refractivity contribution in [2.24, 2.45) is 0 Å². The van der Waals surface area contributed by atoms with E-state index < -0.39 is 0 Å². The molecule has 0 aliphatic carbocycles. The third-order valence-corrected chi connectivity index (χ3v) is 5.83. The minimum absolute atomic E-state index is 0.109. The van der Waals surface area contributed by atoms with E-state index in [1.807, 2.05) is 32.0 Å². The second kappa shape index (κ2) is 6.59. The molecule has 2 nitrogen and oxygen atoms in total. The van der Waals surface area contributed by atoms with Gasteiger partial charge in [-0.1, -0.05) is 30.3 Å². The highest BCUT2D eigenvalue weighted by molar-refractivity contribution is 5.87. The molecule has 0 aliphatic rings. The number of rotatable bonds is 3. The number of aromatic nitrogens is 2. The van der Waals surface area contributed by atoms with Crippen LogP contribution in [-0.4, -0.2) is 9.97 Å². The van der Waals surface area contributed by atoms with Crippen molar-refractivity contribution in [2.45, 2.75) is 19.8 Å². The summed E-state index contributed by atoms with van der Waals surface area (Å²) in [4.78, 5) is 7.02. The molecule has 0 unspecified atom stereocenters. The van der Waals surface area contributed by atoms with Gasteiger partial charge in [0.1, 0.15) is 11.6 Å². The maximum Gasteiger partial charge on any atom is 0.123 e. The second-order valence-electron chi connectivity index (χ2n) is 7.55. The molecular formula is C25H20F2N2. The highest BCUT2D eigenvalue weighted by atomic mass is 19.1. The molecule has 2 N–H and O–H groups in total. The molecular weight excluding hydrogens is 366 g/mol. The first-order valence-electron chi connectivity index (χ1n) is 9.63. The van der Waals surface area contributed by atoms with Crippen molar-refractivity contribution in [3.63, 3.8) is 0 Å². The van der Waals surface area contributed by atoms with Crippen molar-refractivity contribution in [1.29, 1.82) is 0 Å². The number of fused-ring (bicyclic) bond motifs is 2. The summed E-state index contributed by atoms with van der Waals surface area (Å²) in [6.45, 7) is 4.03. The van der Waals surface area contributed by atoms with Crippen LogP contribution >= 0.6 is 0 Å². The van der Waals surface area contributed by atoms with E-state index in [-0.39, 0.29) is 17.6 Å². The Kier molecular flexibility index (Phi) is 4.02. The summed E-state index contributed by atoms with van der Waals surface area (Å²) >= 11 is 0. The molecule has 29 heavy (non-hydrogen) atoms. The zero-order chi connectivity index (χ0) is 20.1. The van der Waals surface area contributed by atoms with Crippen molar-refractivity contribution in [2.75, 3.05) is 0 Å². The Morgan fingerprint density at radius 3 is 1.62 bits per heavy atom. The molecule has 5 aromatic rings. The van der Waals surface area contributed by atoms with Gasteiger partial charge in [-0.05, 0) is 66.9 Å². The first-order chi connectivity index (χ1) is 14.0. The molecule has 0 saturated carbocycles. The predicted molar refractivity (Wildman–Crippen MR) is 113 cm³/mol. The minimum atomic E-state index is -0.250. The largest absolute Gasteiger partial charge is 0.357 e. The van der Waals surface area contributed by atoms with Crippen LogP contribution in [0.4, 0.5) is 8.78 Å². The van der Waals surface area contributed by atoms with E-state index in [0.29, 0.717) is 0 Å². The van der Waals surface area contributed by atoms with E-state index in [1.54, 1.807) is 24.3 Å². The van der Waals surface area contributed by atoms with E-state index in [4.69, 9.17) is 0 Å². The third-order valence-electron chi connectivity index (χ3n) is 5.83. The summed E-state index contributed by atoms with van der Waals surface area (Å²) in [7, 11) is 0. The van der Waals surface area contributed by atoms with Gasteiger partial charge in [-0.15, -0.1) is 0 Å². The van der Waals surface area contributed by atoms with Crippen molar-refractivity contribution >= 4 is 21.8 Å². The number of halogens is 2. The lowest BCUT2D eigenvalue weighted by Gasteiger charge is -2.18. The summed E-state index contributed by atoms with van der Waals surface area (Å²) in [5.74, 6) is -0.610. The molecule has 0 amide bonds. The van der Waals surface area contributed by atoms with Crippen LogP contribution in [0.5, 0.6) is 0 Å². The molecule has 0 saturated heterocycles. The summed E-state index contributed by atoms with van der Waals surface area (Å²) < 4.78 is 27.7. The average Bonchev–Trinajstić information content (AvgIpc) is 3.21. The summed E-state index contributed by atoms with van der Waals surface area (Å²) in [5, 5.41) is 1.75. The number of benzene rings is 3. The van der Waals surface area contributed by atoms with Gasteiger partial charge in [-0.25, -0.2) is 8.78 Å². The molecule has 0 fully saturated rings. The minimum Gasteiger partial charge on any atom is -0.357 e. The molecule has 0 radical (unpaired) electrons. The third kappa shape index (κ3) is 2.83. The van der Waals surface area contributed by atoms with Gasteiger partial charge in [0.25, 0.3) is 0 Å². The molecule has 0 spiro atoms. The zero-order valence-electron chi connectivity index (χ0n) is 16.2. The summed E-state index contributed by atoms with van der Waals surface area (Å²) in [6, 6.07) is 19.8. The van der Waals surface area contributed by atoms with Gasteiger partial charge in [-0.3, -0.25) is 0 Å². The van der Waals surface area contributed by atoms with Crippen LogP contribution in [0.1, 0.15) is 34.0 Å². The van der Waals surface area contributed by atoms with Crippen LogP contribution in [0.3, 0.4) is 0 Å². The molecule has 0 aliphatic heterocycles. The summed E-state index contributed by atoms with van der Waals surface area (Å²) in [5.41, 5.74) is 6.95. The van der Waals surface area contributed by atoms with Gasteiger partial charge in [0, 0.05) is 33.2 Å². The molecule has 0 atom stereocenters. The first-order valence-corrected chi connectivity index (χ1v) is 9.63. The SMILES string of the molecule is Cc1c(C(c2ccccc2)c2[nH]c3ccc(F)cc3c2C)[nH]c2ccc(F)cc12. The van der Waals surface area contributed by atoms with Gasteiger partial charge < -0.3 is 9.97 Å². The topological polar surface area (TPSA) is 31.6 Å². The van der Waals surface area contributed by atoms with Crippen molar-refractivity contribution in [1.82, 2.24) is 9.97 Å². The van der Waals surface area contributed by atoms with Crippen LogP contribution < -0.4 is 0 Å². The smallest absolute Gasteiger partial charge is 0.123 e. The Hall–Kier alpha value is -3.40. The monoisotopic (exact) mass is 386 g/mol. The Bertz CT molecular complexity index is 1260.